The second-order valence-corrected chi connectivity index (χ2v) is 8.79. The Hall–Kier alpha value is -1.69. The molecular formula is C20H26N2O2S. The van der Waals surface area contributed by atoms with Crippen LogP contribution in [0.25, 0.3) is 0 Å². The molecule has 1 aliphatic heterocycles. The van der Waals surface area contributed by atoms with Gasteiger partial charge >= 0.3 is 0 Å². The van der Waals surface area contributed by atoms with Crippen molar-refractivity contribution in [1.82, 2.24) is 9.62 Å². The molecule has 0 spiro atoms. The minimum Gasteiger partial charge on any atom is -0.308 e. The smallest absolute Gasteiger partial charge is 0.243 e. The number of nitrogens with zero attached hydrogens (tertiary/aromatic N) is 1. The lowest BCUT2D eigenvalue weighted by molar-refractivity contribution is 0.238. The van der Waals surface area contributed by atoms with Gasteiger partial charge in [-0.25, -0.2) is 8.42 Å². The Kier molecular flexibility index (Phi) is 5.27. The number of hydrogen-bond acceptors (Lipinski definition) is 3. The Morgan fingerprint density at radius 3 is 2.60 bits per heavy atom. The summed E-state index contributed by atoms with van der Waals surface area (Å²) in [6, 6.07) is 6.84. The van der Waals surface area contributed by atoms with E-state index in [1.807, 2.05) is 26.0 Å². The number of rotatable bonds is 6. The SMILES string of the molecule is C=C1CN(S(=O)(=O)c2ccc(C)cc2)C1[C@H](C)NCC1=CCCC=C1. The van der Waals surface area contributed by atoms with Crippen molar-refractivity contribution in [3.63, 3.8) is 0 Å². The van der Waals surface area contributed by atoms with E-state index in [1.54, 1.807) is 16.4 Å². The van der Waals surface area contributed by atoms with Crippen LogP contribution in [-0.4, -0.2) is 37.9 Å². The van der Waals surface area contributed by atoms with Crippen LogP contribution in [0.2, 0.25) is 0 Å². The highest BCUT2D eigenvalue weighted by Gasteiger charge is 2.44. The Bertz CT molecular complexity index is 807. The molecule has 4 nitrogen and oxygen atoms in total. The Balaban J connectivity index is 1.70. The molecule has 1 unspecified atom stereocenters. The molecule has 1 aromatic carbocycles. The van der Waals surface area contributed by atoms with Crippen molar-refractivity contribution in [2.24, 2.45) is 0 Å². The van der Waals surface area contributed by atoms with Gasteiger partial charge in [0.05, 0.1) is 10.9 Å². The van der Waals surface area contributed by atoms with Crippen molar-refractivity contribution in [3.05, 3.63) is 65.8 Å². The summed E-state index contributed by atoms with van der Waals surface area (Å²) >= 11 is 0. The lowest BCUT2D eigenvalue weighted by Crippen LogP contribution is -2.60. The molecule has 25 heavy (non-hydrogen) atoms. The summed E-state index contributed by atoms with van der Waals surface area (Å²) in [6.45, 7) is 9.18. The van der Waals surface area contributed by atoms with Gasteiger partial charge in [0.25, 0.3) is 0 Å². The van der Waals surface area contributed by atoms with Crippen LogP contribution in [0.4, 0.5) is 0 Å². The number of nitrogens with one attached hydrogen (secondary N) is 1. The monoisotopic (exact) mass is 358 g/mol. The fourth-order valence-corrected chi connectivity index (χ4v) is 5.07. The molecule has 2 aliphatic rings. The number of benzene rings is 1. The lowest BCUT2D eigenvalue weighted by atomic mass is 9.94. The minimum atomic E-state index is -3.49. The van der Waals surface area contributed by atoms with E-state index >= 15 is 0 Å². The highest BCUT2D eigenvalue weighted by molar-refractivity contribution is 7.89. The zero-order chi connectivity index (χ0) is 18.0. The highest BCUT2D eigenvalue weighted by Crippen LogP contribution is 2.32. The summed E-state index contributed by atoms with van der Waals surface area (Å²) in [5.41, 5.74) is 3.27. The average Bonchev–Trinajstić information content (AvgIpc) is 2.59. The number of allylic oxidation sites excluding steroid dienone is 2. The van der Waals surface area contributed by atoms with Crippen molar-refractivity contribution in [3.8, 4) is 0 Å². The molecule has 1 aliphatic carbocycles. The fourth-order valence-electron chi connectivity index (χ4n) is 3.36. The first-order chi connectivity index (χ1) is 11.9. The summed E-state index contributed by atoms with van der Waals surface area (Å²) in [4.78, 5) is 0.348. The molecule has 2 atom stereocenters. The van der Waals surface area contributed by atoms with E-state index in [0.717, 1.165) is 30.5 Å². The molecule has 0 saturated carbocycles. The number of aryl methyl sites for hydroxylation is 1. The van der Waals surface area contributed by atoms with Crippen LogP contribution in [-0.2, 0) is 10.0 Å². The molecule has 1 saturated heterocycles. The van der Waals surface area contributed by atoms with E-state index in [-0.39, 0.29) is 12.1 Å². The molecule has 5 heteroatoms. The van der Waals surface area contributed by atoms with E-state index in [9.17, 15) is 8.42 Å². The summed E-state index contributed by atoms with van der Waals surface area (Å²) in [5.74, 6) is 0. The van der Waals surface area contributed by atoms with Gasteiger partial charge < -0.3 is 5.32 Å². The number of hydrogen-bond donors (Lipinski definition) is 1. The summed E-state index contributed by atoms with van der Waals surface area (Å²) in [5, 5.41) is 3.46. The minimum absolute atomic E-state index is 0.0118. The Labute approximate surface area is 151 Å². The molecule has 0 amide bonds. The maximum absolute atomic E-state index is 12.9. The van der Waals surface area contributed by atoms with E-state index in [0.29, 0.717) is 11.4 Å². The maximum Gasteiger partial charge on any atom is 0.243 e. The van der Waals surface area contributed by atoms with Crippen molar-refractivity contribution in [2.75, 3.05) is 13.1 Å². The van der Waals surface area contributed by atoms with Gasteiger partial charge in [-0.15, -0.1) is 0 Å². The van der Waals surface area contributed by atoms with Crippen LogP contribution >= 0.6 is 0 Å². The number of sulfonamides is 1. The van der Waals surface area contributed by atoms with Crippen molar-refractivity contribution < 1.29 is 8.42 Å². The van der Waals surface area contributed by atoms with Crippen LogP contribution in [0, 0.1) is 6.92 Å². The normalized spacial score (nSPS) is 22.4. The quantitative estimate of drug-likeness (QED) is 0.795. The average molecular weight is 359 g/mol. The summed E-state index contributed by atoms with van der Waals surface area (Å²) in [6.07, 6.45) is 8.72. The second kappa shape index (κ2) is 7.28. The van der Waals surface area contributed by atoms with E-state index in [1.165, 1.54) is 5.57 Å². The third-order valence-corrected chi connectivity index (χ3v) is 6.73. The first-order valence-corrected chi connectivity index (χ1v) is 10.2. The predicted octanol–water partition coefficient (Wildman–Crippen LogP) is 3.18. The third-order valence-electron chi connectivity index (χ3n) is 4.89. The topological polar surface area (TPSA) is 49.4 Å². The molecule has 1 fully saturated rings. The second-order valence-electron chi connectivity index (χ2n) is 6.89. The molecule has 0 aromatic heterocycles. The first kappa shape index (κ1) is 18.1. The first-order valence-electron chi connectivity index (χ1n) is 8.75. The van der Waals surface area contributed by atoms with Gasteiger partial charge in [-0.05, 0) is 50.0 Å². The van der Waals surface area contributed by atoms with Crippen LogP contribution in [0.5, 0.6) is 0 Å². The highest BCUT2D eigenvalue weighted by atomic mass is 32.2. The summed E-state index contributed by atoms with van der Waals surface area (Å²) < 4.78 is 27.4. The predicted molar refractivity (Wildman–Crippen MR) is 102 cm³/mol. The summed E-state index contributed by atoms with van der Waals surface area (Å²) in [7, 11) is -3.49. The van der Waals surface area contributed by atoms with Crippen LogP contribution < -0.4 is 5.32 Å². The van der Waals surface area contributed by atoms with E-state index in [2.05, 4.69) is 30.1 Å². The molecule has 1 N–H and O–H groups in total. The standard InChI is InChI=1S/C20H26N2O2S/c1-15-9-11-19(12-10-15)25(23,24)22-14-16(2)20(22)17(3)21-13-18-7-5-4-6-8-18/h5,7-12,17,20-21H,2,4,6,13-14H2,1,3H3/t17-,20?/m0/s1. The largest absolute Gasteiger partial charge is 0.308 e. The van der Waals surface area contributed by atoms with E-state index < -0.39 is 10.0 Å². The fraction of sp³-hybridized carbons (Fsp3) is 0.400. The van der Waals surface area contributed by atoms with Crippen LogP contribution in [0.3, 0.4) is 0 Å². The van der Waals surface area contributed by atoms with Gasteiger partial charge in [0.2, 0.25) is 10.0 Å². The van der Waals surface area contributed by atoms with Crippen LogP contribution in [0.15, 0.2) is 65.1 Å². The molecular weight excluding hydrogens is 332 g/mol. The van der Waals surface area contributed by atoms with Gasteiger partial charge in [0.15, 0.2) is 0 Å². The zero-order valence-corrected chi connectivity index (χ0v) is 15.7. The van der Waals surface area contributed by atoms with Gasteiger partial charge in [-0.2, -0.15) is 4.31 Å². The Morgan fingerprint density at radius 2 is 2.00 bits per heavy atom. The van der Waals surface area contributed by atoms with Gasteiger partial charge in [0.1, 0.15) is 0 Å². The van der Waals surface area contributed by atoms with Gasteiger partial charge in [0, 0.05) is 19.1 Å². The van der Waals surface area contributed by atoms with Crippen LogP contribution in [0.1, 0.15) is 25.3 Å². The molecule has 3 rings (SSSR count). The third kappa shape index (κ3) is 3.78. The Morgan fingerprint density at radius 1 is 1.28 bits per heavy atom. The van der Waals surface area contributed by atoms with Crippen molar-refractivity contribution in [2.45, 2.75) is 43.7 Å². The van der Waals surface area contributed by atoms with Gasteiger partial charge in [-0.1, -0.05) is 42.5 Å². The molecule has 1 aromatic rings. The lowest BCUT2D eigenvalue weighted by Gasteiger charge is -2.45. The molecule has 1 heterocycles. The van der Waals surface area contributed by atoms with E-state index in [4.69, 9.17) is 0 Å². The molecule has 0 bridgehead atoms. The zero-order valence-electron chi connectivity index (χ0n) is 14.9. The molecule has 134 valence electrons. The molecule has 0 radical (unpaired) electrons. The maximum atomic E-state index is 12.9. The van der Waals surface area contributed by atoms with Gasteiger partial charge in [-0.3, -0.25) is 0 Å². The van der Waals surface area contributed by atoms with Crippen molar-refractivity contribution in [1.29, 1.82) is 0 Å². The van der Waals surface area contributed by atoms with Crippen molar-refractivity contribution >= 4 is 10.0 Å².